The van der Waals surface area contributed by atoms with E-state index in [0.717, 1.165) is 17.0 Å². The minimum absolute atomic E-state index is 0.0442. The number of hydrogen-bond acceptors (Lipinski definition) is 9. The molecule has 4 aromatic rings. The van der Waals surface area contributed by atoms with Gasteiger partial charge in [0.15, 0.2) is 11.0 Å². The van der Waals surface area contributed by atoms with Crippen LogP contribution < -0.4 is 24.4 Å². The van der Waals surface area contributed by atoms with E-state index in [0.29, 0.717) is 38.8 Å². The first kappa shape index (κ1) is 27.8. The molecule has 1 aromatic heterocycles. The number of nitrogens with one attached hydrogen (secondary N) is 1. The van der Waals surface area contributed by atoms with Crippen LogP contribution in [0.1, 0.15) is 5.56 Å². The van der Waals surface area contributed by atoms with E-state index < -0.39 is 0 Å². The molecule has 0 aliphatic heterocycles. The highest BCUT2D eigenvalue weighted by atomic mass is 35.5. The van der Waals surface area contributed by atoms with Crippen molar-refractivity contribution in [3.05, 3.63) is 71.2 Å². The minimum atomic E-state index is -0.334. The van der Waals surface area contributed by atoms with E-state index in [1.807, 2.05) is 41.0 Å². The molecule has 0 bridgehead atoms. The molecule has 1 heterocycles. The summed E-state index contributed by atoms with van der Waals surface area (Å²) in [6, 6.07) is 18.2. The molecule has 0 radical (unpaired) electrons. The van der Waals surface area contributed by atoms with Crippen molar-refractivity contribution in [1.29, 1.82) is 0 Å². The number of aromatic nitrogens is 3. The number of carbonyl (C=O) groups excluding carboxylic acids is 1. The van der Waals surface area contributed by atoms with Crippen molar-refractivity contribution in [2.45, 2.75) is 5.16 Å². The summed E-state index contributed by atoms with van der Waals surface area (Å²) in [4.78, 5) is 12.6. The highest BCUT2D eigenvalue weighted by Gasteiger charge is 2.18. The number of benzene rings is 3. The minimum Gasteiger partial charge on any atom is -0.497 e. The van der Waals surface area contributed by atoms with Crippen LogP contribution >= 0.6 is 23.4 Å². The molecule has 0 aliphatic carbocycles. The number of hydrogen-bond donors (Lipinski definition) is 1. The Morgan fingerprint density at radius 3 is 2.15 bits per heavy atom. The highest BCUT2D eigenvalue weighted by molar-refractivity contribution is 7.99. The Kier molecular flexibility index (Phi) is 9.29. The molecule has 1 N–H and O–H groups in total. The van der Waals surface area contributed by atoms with E-state index in [4.69, 9.17) is 30.5 Å². The zero-order chi connectivity index (χ0) is 27.8. The standard InChI is InChI=1S/C27H26ClN5O5S/c1-35-20-11-5-17(6-12-20)26-31-32-27(33(26)19-9-7-18(28)8-10-19)39-16-25(34)30-29-15-22-23(37-3)13-21(36-2)14-24(22)38-4/h5-15H,16H2,1-4H3,(H,30,34)/b29-15+. The maximum atomic E-state index is 12.6. The number of nitrogens with zero attached hydrogens (tertiary/aromatic N) is 4. The Morgan fingerprint density at radius 2 is 1.56 bits per heavy atom. The third-order valence-electron chi connectivity index (χ3n) is 5.53. The topological polar surface area (TPSA) is 109 Å². The van der Waals surface area contributed by atoms with Gasteiger partial charge in [-0.1, -0.05) is 23.4 Å². The van der Waals surface area contributed by atoms with Crippen molar-refractivity contribution in [3.63, 3.8) is 0 Å². The van der Waals surface area contributed by atoms with Crippen molar-refractivity contribution in [3.8, 4) is 40.1 Å². The van der Waals surface area contributed by atoms with Crippen LogP contribution in [0.25, 0.3) is 17.1 Å². The molecule has 4 rings (SSSR count). The summed E-state index contributed by atoms with van der Waals surface area (Å²) < 4.78 is 23.2. The van der Waals surface area contributed by atoms with E-state index in [1.54, 1.807) is 38.5 Å². The quantitative estimate of drug-likeness (QED) is 0.155. The van der Waals surface area contributed by atoms with Gasteiger partial charge in [0.1, 0.15) is 23.0 Å². The van der Waals surface area contributed by atoms with Gasteiger partial charge in [-0.2, -0.15) is 5.10 Å². The molecule has 0 fully saturated rings. The molecule has 0 spiro atoms. The molecular formula is C27H26ClN5O5S. The Balaban J connectivity index is 1.52. The molecule has 39 heavy (non-hydrogen) atoms. The average molecular weight is 568 g/mol. The number of rotatable bonds is 11. The number of hydrazone groups is 1. The SMILES string of the molecule is COc1ccc(-c2nnc(SCC(=O)N/N=C/c3c(OC)cc(OC)cc3OC)n2-c2ccc(Cl)cc2)cc1. The fourth-order valence-electron chi connectivity index (χ4n) is 3.60. The van der Waals surface area contributed by atoms with E-state index in [2.05, 4.69) is 20.7 Å². The van der Waals surface area contributed by atoms with Gasteiger partial charge >= 0.3 is 0 Å². The molecule has 10 nitrogen and oxygen atoms in total. The maximum Gasteiger partial charge on any atom is 0.250 e. The van der Waals surface area contributed by atoms with Gasteiger partial charge in [0.05, 0.1) is 46.0 Å². The van der Waals surface area contributed by atoms with Gasteiger partial charge in [-0.05, 0) is 48.5 Å². The van der Waals surface area contributed by atoms with Gasteiger partial charge < -0.3 is 18.9 Å². The molecule has 0 aliphatic rings. The summed E-state index contributed by atoms with van der Waals surface area (Å²) in [7, 11) is 6.21. The van der Waals surface area contributed by atoms with Gasteiger partial charge in [-0.15, -0.1) is 10.2 Å². The predicted octanol–water partition coefficient (Wildman–Crippen LogP) is 4.86. The van der Waals surface area contributed by atoms with Crippen LogP contribution in [0.4, 0.5) is 0 Å². The fraction of sp³-hybridized carbons (Fsp3) is 0.185. The zero-order valence-corrected chi connectivity index (χ0v) is 23.2. The third-order valence-corrected chi connectivity index (χ3v) is 6.72. The lowest BCUT2D eigenvalue weighted by Crippen LogP contribution is -2.20. The van der Waals surface area contributed by atoms with Gasteiger partial charge in [-0.25, -0.2) is 5.43 Å². The van der Waals surface area contributed by atoms with Crippen LogP contribution in [0.2, 0.25) is 5.02 Å². The molecule has 202 valence electrons. The van der Waals surface area contributed by atoms with Crippen molar-refractivity contribution in [1.82, 2.24) is 20.2 Å². The predicted molar refractivity (Wildman–Crippen MR) is 151 cm³/mol. The summed E-state index contributed by atoms with van der Waals surface area (Å²) in [5.41, 5.74) is 4.72. The first-order chi connectivity index (χ1) is 19.0. The largest absolute Gasteiger partial charge is 0.497 e. The summed E-state index contributed by atoms with van der Waals surface area (Å²) in [6.45, 7) is 0. The van der Waals surface area contributed by atoms with Crippen LogP contribution in [-0.4, -0.2) is 61.1 Å². The maximum absolute atomic E-state index is 12.6. The lowest BCUT2D eigenvalue weighted by atomic mass is 10.2. The first-order valence-corrected chi connectivity index (χ1v) is 12.9. The number of halogens is 1. The van der Waals surface area contributed by atoms with Gasteiger partial charge in [0.2, 0.25) is 0 Å². The summed E-state index contributed by atoms with van der Waals surface area (Å²) in [5, 5.41) is 13.9. The molecule has 0 saturated carbocycles. The van der Waals surface area contributed by atoms with Crippen LogP contribution in [0, 0.1) is 0 Å². The summed E-state index contributed by atoms with van der Waals surface area (Å²) >= 11 is 7.33. The third kappa shape index (κ3) is 6.62. The molecule has 3 aromatic carbocycles. The Morgan fingerprint density at radius 1 is 0.923 bits per heavy atom. The molecular weight excluding hydrogens is 542 g/mol. The summed E-state index contributed by atoms with van der Waals surface area (Å²) in [6.07, 6.45) is 1.46. The van der Waals surface area contributed by atoms with Crippen LogP contribution in [0.3, 0.4) is 0 Å². The number of amides is 1. The molecule has 1 amide bonds. The second-order valence-corrected chi connectivity index (χ2v) is 9.25. The summed E-state index contributed by atoms with van der Waals surface area (Å²) in [5.74, 6) is 2.59. The van der Waals surface area contributed by atoms with Gasteiger partial charge in [-0.3, -0.25) is 9.36 Å². The van der Waals surface area contributed by atoms with Crippen molar-refractivity contribution in [2.75, 3.05) is 34.2 Å². The van der Waals surface area contributed by atoms with Crippen molar-refractivity contribution in [2.24, 2.45) is 5.10 Å². The molecule has 0 atom stereocenters. The van der Waals surface area contributed by atoms with E-state index in [1.165, 1.54) is 32.2 Å². The van der Waals surface area contributed by atoms with Crippen LogP contribution in [-0.2, 0) is 4.79 Å². The smallest absolute Gasteiger partial charge is 0.250 e. The average Bonchev–Trinajstić information content (AvgIpc) is 3.40. The Hall–Kier alpha value is -4.22. The second-order valence-electron chi connectivity index (χ2n) is 7.87. The number of thioether (sulfide) groups is 1. The van der Waals surface area contributed by atoms with E-state index >= 15 is 0 Å². The highest BCUT2D eigenvalue weighted by Crippen LogP contribution is 2.33. The van der Waals surface area contributed by atoms with Crippen molar-refractivity contribution >= 4 is 35.5 Å². The molecule has 0 saturated heterocycles. The Bertz CT molecular complexity index is 1430. The zero-order valence-electron chi connectivity index (χ0n) is 21.7. The number of carbonyl (C=O) groups is 1. The lowest BCUT2D eigenvalue weighted by Gasteiger charge is -2.12. The number of methoxy groups -OCH3 is 4. The fourth-order valence-corrected chi connectivity index (χ4v) is 4.47. The van der Waals surface area contributed by atoms with Crippen LogP contribution in [0.15, 0.2) is 70.9 Å². The Labute approximate surface area is 234 Å². The van der Waals surface area contributed by atoms with E-state index in [9.17, 15) is 4.79 Å². The normalized spacial score (nSPS) is 10.9. The van der Waals surface area contributed by atoms with Gasteiger partial charge in [0.25, 0.3) is 5.91 Å². The van der Waals surface area contributed by atoms with E-state index in [-0.39, 0.29) is 11.7 Å². The molecule has 12 heteroatoms. The van der Waals surface area contributed by atoms with Crippen LogP contribution in [0.5, 0.6) is 23.0 Å². The second kappa shape index (κ2) is 13.0. The van der Waals surface area contributed by atoms with Gasteiger partial charge in [0, 0.05) is 28.4 Å². The van der Waals surface area contributed by atoms with Crippen molar-refractivity contribution < 1.29 is 23.7 Å². The monoisotopic (exact) mass is 567 g/mol. The molecule has 0 unspecified atom stereocenters. The lowest BCUT2D eigenvalue weighted by molar-refractivity contribution is -0.118. The first-order valence-electron chi connectivity index (χ1n) is 11.6. The number of ether oxygens (including phenoxy) is 4.